The zero-order valence-electron chi connectivity index (χ0n) is 13.5. The van der Waals surface area contributed by atoms with Gasteiger partial charge in [0.05, 0.1) is 12.8 Å². The minimum absolute atomic E-state index is 0.00364. The van der Waals surface area contributed by atoms with Crippen LogP contribution in [0.4, 0.5) is 5.69 Å². The Kier molecular flexibility index (Phi) is 4.05. The monoisotopic (exact) mass is 372 g/mol. The van der Waals surface area contributed by atoms with Crippen molar-refractivity contribution in [2.45, 2.75) is 11.4 Å². The van der Waals surface area contributed by atoms with E-state index < -0.39 is 0 Å². The molecule has 2 aliphatic rings. The van der Waals surface area contributed by atoms with Crippen LogP contribution < -0.4 is 9.64 Å². The first-order valence-corrected chi connectivity index (χ1v) is 9.27. The number of fused-ring (bicyclic) bond motifs is 1. The van der Waals surface area contributed by atoms with E-state index in [1.165, 1.54) is 7.11 Å². The Balaban J connectivity index is 1.68. The van der Waals surface area contributed by atoms with Gasteiger partial charge in [-0.3, -0.25) is 9.69 Å². The molecule has 2 atom stereocenters. The largest absolute Gasteiger partial charge is 0.504 e. The molecule has 7 heteroatoms. The summed E-state index contributed by atoms with van der Waals surface area (Å²) in [6.45, 7) is 0. The Hall–Kier alpha value is -2.25. The predicted molar refractivity (Wildman–Crippen MR) is 102 cm³/mol. The number of phenols is 1. The average molecular weight is 372 g/mol. The zero-order chi connectivity index (χ0) is 17.6. The van der Waals surface area contributed by atoms with Gasteiger partial charge < -0.3 is 14.7 Å². The number of benzene rings is 2. The Labute approximate surface area is 155 Å². The zero-order valence-corrected chi connectivity index (χ0v) is 15.1. The van der Waals surface area contributed by atoms with Crippen LogP contribution in [-0.2, 0) is 4.79 Å². The first-order chi connectivity index (χ1) is 12.1. The van der Waals surface area contributed by atoms with E-state index in [9.17, 15) is 9.90 Å². The summed E-state index contributed by atoms with van der Waals surface area (Å²) in [7, 11) is 1.51. The van der Waals surface area contributed by atoms with Gasteiger partial charge in [0.25, 0.3) is 5.91 Å². The maximum Gasteiger partial charge on any atom is 0.257 e. The highest BCUT2D eigenvalue weighted by molar-refractivity contribution is 7.99. The fraction of sp³-hybridized carbons (Fsp3) is 0.222. The summed E-state index contributed by atoms with van der Waals surface area (Å²) in [4.78, 5) is 16.4. The molecule has 2 aromatic rings. The number of aromatic hydroxyl groups is 1. The van der Waals surface area contributed by atoms with E-state index in [0.29, 0.717) is 16.6 Å². The number of para-hydroxylation sites is 1. The lowest BCUT2D eigenvalue weighted by Gasteiger charge is -2.25. The molecule has 0 spiro atoms. The molecule has 2 saturated heterocycles. The Morgan fingerprint density at radius 1 is 1.24 bits per heavy atom. The van der Waals surface area contributed by atoms with Crippen molar-refractivity contribution in [3.63, 3.8) is 0 Å². The van der Waals surface area contributed by atoms with Crippen LogP contribution in [0.1, 0.15) is 10.9 Å². The molecule has 2 aliphatic heterocycles. The standard InChI is InChI=1S/C18H16N2O3S2/c1-23-15-8-7-11(9-14(15)21)17-20-13(10-25-17)16(22)19(18(20)24)12-5-3-2-4-6-12/h2-9,13,17,21H,10H2,1H3/t13-,17-/m0/s1. The van der Waals surface area contributed by atoms with Crippen LogP contribution in [0.3, 0.4) is 0 Å². The van der Waals surface area contributed by atoms with Crippen LogP contribution in [-0.4, -0.2) is 39.9 Å². The van der Waals surface area contributed by atoms with E-state index in [0.717, 1.165) is 11.3 Å². The lowest BCUT2D eigenvalue weighted by atomic mass is 10.1. The van der Waals surface area contributed by atoms with Gasteiger partial charge >= 0.3 is 0 Å². The van der Waals surface area contributed by atoms with Gasteiger partial charge in [-0.15, -0.1) is 11.8 Å². The van der Waals surface area contributed by atoms with Crippen molar-refractivity contribution in [2.24, 2.45) is 0 Å². The van der Waals surface area contributed by atoms with E-state index in [1.807, 2.05) is 41.3 Å². The molecular formula is C18H16N2O3S2. The summed E-state index contributed by atoms with van der Waals surface area (Å²) in [5.41, 5.74) is 1.68. The highest BCUT2D eigenvalue weighted by Crippen LogP contribution is 2.47. The molecule has 128 valence electrons. The third kappa shape index (κ3) is 2.54. The van der Waals surface area contributed by atoms with E-state index in [-0.39, 0.29) is 23.1 Å². The smallest absolute Gasteiger partial charge is 0.257 e. The predicted octanol–water partition coefficient (Wildman–Crippen LogP) is 3.15. The molecular weight excluding hydrogens is 356 g/mol. The number of rotatable bonds is 3. The Morgan fingerprint density at radius 3 is 2.68 bits per heavy atom. The minimum atomic E-state index is -0.271. The Bertz CT molecular complexity index is 843. The van der Waals surface area contributed by atoms with Gasteiger partial charge in [0.15, 0.2) is 16.6 Å². The van der Waals surface area contributed by atoms with Crippen molar-refractivity contribution in [3.05, 3.63) is 54.1 Å². The van der Waals surface area contributed by atoms with E-state index in [4.69, 9.17) is 17.0 Å². The molecule has 5 nitrogen and oxygen atoms in total. The number of phenolic OH excluding ortho intramolecular Hbond substituents is 1. The lowest BCUT2D eigenvalue weighted by Crippen LogP contribution is -2.33. The van der Waals surface area contributed by atoms with Gasteiger partial charge in [-0.2, -0.15) is 0 Å². The number of nitrogens with zero attached hydrogens (tertiary/aromatic N) is 2. The van der Waals surface area contributed by atoms with Crippen molar-refractivity contribution < 1.29 is 14.6 Å². The van der Waals surface area contributed by atoms with Crippen LogP contribution in [0.25, 0.3) is 0 Å². The molecule has 0 radical (unpaired) electrons. The summed E-state index contributed by atoms with van der Waals surface area (Å²) in [5.74, 6) is 1.18. The number of thioether (sulfide) groups is 1. The normalized spacial score (nSPS) is 22.4. The fourth-order valence-corrected chi connectivity index (χ4v) is 5.13. The summed E-state index contributed by atoms with van der Waals surface area (Å²) in [6.07, 6.45) is 0. The SMILES string of the molecule is COc1ccc([C@@H]2SC[C@H]3C(=O)N(c4ccccc4)C(=S)N32)cc1O. The van der Waals surface area contributed by atoms with Crippen LogP contribution in [0.5, 0.6) is 11.5 Å². The molecule has 2 fully saturated rings. The second-order valence-corrected chi connectivity index (χ2v) is 7.31. The van der Waals surface area contributed by atoms with E-state index >= 15 is 0 Å². The highest BCUT2D eigenvalue weighted by Gasteiger charge is 2.50. The quantitative estimate of drug-likeness (QED) is 0.836. The van der Waals surface area contributed by atoms with Crippen molar-refractivity contribution in [1.29, 1.82) is 0 Å². The fourth-order valence-electron chi connectivity index (χ4n) is 3.22. The molecule has 0 saturated carbocycles. The number of hydrogen-bond acceptors (Lipinski definition) is 5. The van der Waals surface area contributed by atoms with Gasteiger partial charge in [-0.05, 0) is 42.0 Å². The second kappa shape index (κ2) is 6.24. The molecule has 2 aromatic carbocycles. The number of anilines is 1. The number of methoxy groups -OCH3 is 1. The molecule has 0 aromatic heterocycles. The highest BCUT2D eigenvalue weighted by atomic mass is 32.2. The van der Waals surface area contributed by atoms with Gasteiger partial charge in [0.2, 0.25) is 0 Å². The van der Waals surface area contributed by atoms with Gasteiger partial charge in [-0.25, -0.2) is 0 Å². The molecule has 2 heterocycles. The molecule has 0 bridgehead atoms. The van der Waals surface area contributed by atoms with Gasteiger partial charge in [-0.1, -0.05) is 24.3 Å². The number of thiocarbonyl (C=S) groups is 1. The number of hydrogen-bond donors (Lipinski definition) is 1. The number of amides is 1. The number of carbonyl (C=O) groups is 1. The van der Waals surface area contributed by atoms with Crippen molar-refractivity contribution >= 4 is 40.7 Å². The summed E-state index contributed by atoms with van der Waals surface area (Å²) in [5, 5.41) is 10.5. The average Bonchev–Trinajstić information content (AvgIpc) is 3.16. The topological polar surface area (TPSA) is 53.0 Å². The third-order valence-electron chi connectivity index (χ3n) is 4.42. The maximum atomic E-state index is 12.9. The summed E-state index contributed by atoms with van der Waals surface area (Å²) >= 11 is 7.28. The van der Waals surface area contributed by atoms with Crippen LogP contribution in [0, 0.1) is 0 Å². The molecule has 4 rings (SSSR count). The molecule has 1 N–H and O–H groups in total. The van der Waals surface area contributed by atoms with Crippen molar-refractivity contribution in [2.75, 3.05) is 17.8 Å². The van der Waals surface area contributed by atoms with Crippen molar-refractivity contribution in [1.82, 2.24) is 4.90 Å². The first-order valence-electron chi connectivity index (χ1n) is 7.81. The Morgan fingerprint density at radius 2 is 2.00 bits per heavy atom. The number of ether oxygens (including phenoxy) is 1. The van der Waals surface area contributed by atoms with Crippen LogP contribution >= 0.6 is 24.0 Å². The lowest BCUT2D eigenvalue weighted by molar-refractivity contribution is -0.119. The minimum Gasteiger partial charge on any atom is -0.504 e. The van der Waals surface area contributed by atoms with Gasteiger partial charge in [0, 0.05) is 5.75 Å². The second-order valence-electron chi connectivity index (χ2n) is 5.83. The van der Waals surface area contributed by atoms with Crippen molar-refractivity contribution in [3.8, 4) is 11.5 Å². The van der Waals surface area contributed by atoms with Crippen LogP contribution in [0.15, 0.2) is 48.5 Å². The third-order valence-corrected chi connectivity index (χ3v) is 6.14. The summed E-state index contributed by atoms with van der Waals surface area (Å²) < 4.78 is 5.10. The maximum absolute atomic E-state index is 12.9. The molecule has 0 aliphatic carbocycles. The van der Waals surface area contributed by atoms with E-state index in [2.05, 4.69) is 0 Å². The molecule has 0 unspecified atom stereocenters. The first kappa shape index (κ1) is 16.2. The molecule has 1 amide bonds. The summed E-state index contributed by atoms with van der Waals surface area (Å²) in [6, 6.07) is 14.5. The van der Waals surface area contributed by atoms with Gasteiger partial charge in [0.1, 0.15) is 11.4 Å². The van der Waals surface area contributed by atoms with Crippen LogP contribution in [0.2, 0.25) is 0 Å². The number of carbonyl (C=O) groups excluding carboxylic acids is 1. The van der Waals surface area contributed by atoms with E-state index in [1.54, 1.807) is 28.8 Å². The molecule has 25 heavy (non-hydrogen) atoms.